The number of anilines is 1. The van der Waals surface area contributed by atoms with Gasteiger partial charge in [-0.2, -0.15) is 0 Å². The van der Waals surface area contributed by atoms with Gasteiger partial charge in [-0.1, -0.05) is 29.8 Å². The van der Waals surface area contributed by atoms with Crippen LogP contribution in [-0.4, -0.2) is 36.7 Å². The monoisotopic (exact) mass is 380 g/mol. The van der Waals surface area contributed by atoms with Gasteiger partial charge in [0, 0.05) is 12.7 Å². The van der Waals surface area contributed by atoms with Crippen molar-refractivity contribution < 1.29 is 27.5 Å². The van der Waals surface area contributed by atoms with Crippen molar-refractivity contribution in [3.05, 3.63) is 59.7 Å². The summed E-state index contributed by atoms with van der Waals surface area (Å²) < 4.78 is 40.2. The molecule has 2 aromatic rings. The second-order valence-electron chi connectivity index (χ2n) is 6.03. The Balaban J connectivity index is 1.85. The molecular formula is C19H19F3N2O3. The van der Waals surface area contributed by atoms with Crippen LogP contribution in [0.5, 0.6) is 5.75 Å². The Bertz CT molecular complexity index is 787. The smallest absolute Gasteiger partial charge is 0.406 e. The van der Waals surface area contributed by atoms with E-state index in [1.54, 1.807) is 12.1 Å². The van der Waals surface area contributed by atoms with Gasteiger partial charge in [-0.3, -0.25) is 9.59 Å². The van der Waals surface area contributed by atoms with Crippen LogP contribution in [0.4, 0.5) is 18.9 Å². The molecule has 2 amide bonds. The summed E-state index contributed by atoms with van der Waals surface area (Å²) in [5.74, 6) is -1.04. The molecule has 0 bridgehead atoms. The molecule has 0 fully saturated rings. The number of alkyl halides is 3. The second kappa shape index (κ2) is 8.57. The number of nitrogens with zero attached hydrogens (tertiary/aromatic N) is 1. The van der Waals surface area contributed by atoms with Crippen molar-refractivity contribution in [2.24, 2.45) is 0 Å². The molecule has 144 valence electrons. The summed E-state index contributed by atoms with van der Waals surface area (Å²) in [6.07, 6.45) is -4.80. The summed E-state index contributed by atoms with van der Waals surface area (Å²) >= 11 is 0. The fourth-order valence-electron chi connectivity index (χ4n) is 2.26. The number of carbonyl (C=O) groups is 2. The van der Waals surface area contributed by atoms with Crippen LogP contribution in [0, 0.1) is 6.92 Å². The Labute approximate surface area is 154 Å². The Morgan fingerprint density at radius 1 is 1.04 bits per heavy atom. The first-order valence-electron chi connectivity index (χ1n) is 8.07. The highest BCUT2D eigenvalue weighted by Gasteiger charge is 2.31. The molecule has 0 heterocycles. The average Bonchev–Trinajstić information content (AvgIpc) is 2.57. The third-order valence-corrected chi connectivity index (χ3v) is 3.65. The van der Waals surface area contributed by atoms with Crippen molar-refractivity contribution in [1.29, 1.82) is 0 Å². The third-order valence-electron chi connectivity index (χ3n) is 3.65. The van der Waals surface area contributed by atoms with Gasteiger partial charge in [-0.05, 0) is 36.8 Å². The maximum absolute atomic E-state index is 12.2. The van der Waals surface area contributed by atoms with Crippen molar-refractivity contribution in [3.8, 4) is 5.75 Å². The number of nitrogens with one attached hydrogen (secondary N) is 1. The lowest BCUT2D eigenvalue weighted by atomic mass is 10.1. The van der Waals surface area contributed by atoms with Crippen molar-refractivity contribution in [3.63, 3.8) is 0 Å². The molecule has 5 nitrogen and oxygen atoms in total. The molecule has 0 radical (unpaired) electrons. The maximum Gasteiger partial charge on any atom is 0.573 e. The van der Waals surface area contributed by atoms with Crippen molar-refractivity contribution >= 4 is 17.5 Å². The van der Waals surface area contributed by atoms with Gasteiger partial charge in [-0.25, -0.2) is 0 Å². The molecule has 2 rings (SSSR count). The predicted molar refractivity (Wildman–Crippen MR) is 94.3 cm³/mol. The van der Waals surface area contributed by atoms with Crippen LogP contribution in [0.25, 0.3) is 0 Å². The van der Waals surface area contributed by atoms with Crippen LogP contribution in [0.2, 0.25) is 0 Å². The summed E-state index contributed by atoms with van der Waals surface area (Å²) in [5, 5.41) is 2.69. The zero-order valence-electron chi connectivity index (χ0n) is 14.8. The number of hydrogen-bond acceptors (Lipinski definition) is 3. The molecule has 0 saturated carbocycles. The van der Waals surface area contributed by atoms with Crippen molar-refractivity contribution in [2.45, 2.75) is 19.7 Å². The molecule has 8 heteroatoms. The second-order valence-corrected chi connectivity index (χ2v) is 6.03. The van der Waals surface area contributed by atoms with Gasteiger partial charge in [0.1, 0.15) is 5.75 Å². The summed E-state index contributed by atoms with van der Waals surface area (Å²) in [7, 11) is 1.48. The highest BCUT2D eigenvalue weighted by molar-refractivity contribution is 5.94. The van der Waals surface area contributed by atoms with Crippen LogP contribution >= 0.6 is 0 Å². The van der Waals surface area contributed by atoms with E-state index in [0.717, 1.165) is 17.7 Å². The molecule has 0 saturated heterocycles. The van der Waals surface area contributed by atoms with E-state index < -0.39 is 6.36 Å². The molecule has 0 unspecified atom stereocenters. The lowest BCUT2D eigenvalue weighted by molar-refractivity contribution is -0.274. The SMILES string of the molecule is Cc1ccc(NC(=O)CN(C)C(=O)Cc2ccc(OC(F)(F)F)cc2)cc1. The van der Waals surface area contributed by atoms with Gasteiger partial charge < -0.3 is 15.0 Å². The number of hydrogen-bond donors (Lipinski definition) is 1. The first-order valence-corrected chi connectivity index (χ1v) is 8.07. The minimum Gasteiger partial charge on any atom is -0.406 e. The third kappa shape index (κ3) is 7.01. The van der Waals surface area contributed by atoms with Crippen molar-refractivity contribution in [1.82, 2.24) is 4.90 Å². The maximum atomic E-state index is 12.2. The lowest BCUT2D eigenvalue weighted by Gasteiger charge is -2.17. The zero-order chi connectivity index (χ0) is 20.0. The van der Waals surface area contributed by atoms with Gasteiger partial charge in [-0.15, -0.1) is 13.2 Å². The standard InChI is InChI=1S/C19H19F3N2O3/c1-13-3-7-15(8-4-13)23-17(25)12-24(2)18(26)11-14-5-9-16(10-6-14)27-19(20,21)22/h3-10H,11-12H2,1-2H3,(H,23,25). The molecule has 0 aromatic heterocycles. The van der Waals surface area contributed by atoms with E-state index in [2.05, 4.69) is 10.1 Å². The van der Waals surface area contributed by atoms with Gasteiger partial charge in [0.15, 0.2) is 0 Å². The normalized spacial score (nSPS) is 11.0. The van der Waals surface area contributed by atoms with Crippen molar-refractivity contribution in [2.75, 3.05) is 18.9 Å². The molecule has 0 spiro atoms. The van der Waals surface area contributed by atoms with E-state index in [-0.39, 0.29) is 30.5 Å². The molecule has 0 aliphatic carbocycles. The molecular weight excluding hydrogens is 361 g/mol. The van der Waals surface area contributed by atoms with Gasteiger partial charge in [0.05, 0.1) is 13.0 Å². The summed E-state index contributed by atoms with van der Waals surface area (Å²) in [6.45, 7) is 1.79. The first kappa shape index (κ1) is 20.3. The number of benzene rings is 2. The number of aryl methyl sites for hydroxylation is 1. The van der Waals surface area contributed by atoms with Gasteiger partial charge in [0.25, 0.3) is 0 Å². The molecule has 27 heavy (non-hydrogen) atoms. The van der Waals surface area contributed by atoms with Crippen LogP contribution in [-0.2, 0) is 16.0 Å². The van der Waals surface area contributed by atoms with Crippen LogP contribution in [0.1, 0.15) is 11.1 Å². The Morgan fingerprint density at radius 2 is 1.63 bits per heavy atom. The number of rotatable bonds is 6. The lowest BCUT2D eigenvalue weighted by Crippen LogP contribution is -2.35. The van der Waals surface area contributed by atoms with Crippen LogP contribution in [0.3, 0.4) is 0 Å². The van der Waals surface area contributed by atoms with E-state index in [1.807, 2.05) is 19.1 Å². The first-order chi connectivity index (χ1) is 12.6. The quantitative estimate of drug-likeness (QED) is 0.834. The number of halogens is 3. The van der Waals surface area contributed by atoms with Crippen LogP contribution in [0.15, 0.2) is 48.5 Å². The number of likely N-dealkylation sites (N-methyl/N-ethyl adjacent to an activating group) is 1. The highest BCUT2D eigenvalue weighted by Crippen LogP contribution is 2.22. The summed E-state index contributed by atoms with van der Waals surface area (Å²) in [6, 6.07) is 12.3. The molecule has 0 aliphatic heterocycles. The Hall–Kier alpha value is -3.03. The molecule has 1 N–H and O–H groups in total. The molecule has 0 aliphatic rings. The molecule has 2 aromatic carbocycles. The van der Waals surface area contributed by atoms with E-state index in [9.17, 15) is 22.8 Å². The number of amides is 2. The summed E-state index contributed by atoms with van der Waals surface area (Å²) in [4.78, 5) is 25.5. The van der Waals surface area contributed by atoms with E-state index in [1.165, 1.54) is 24.1 Å². The Morgan fingerprint density at radius 3 is 2.19 bits per heavy atom. The average molecular weight is 380 g/mol. The zero-order valence-corrected chi connectivity index (χ0v) is 14.8. The van der Waals surface area contributed by atoms with Gasteiger partial charge in [0.2, 0.25) is 11.8 Å². The van der Waals surface area contributed by atoms with E-state index in [4.69, 9.17) is 0 Å². The Kier molecular flexibility index (Phi) is 6.44. The molecule has 0 atom stereocenters. The minimum atomic E-state index is -4.76. The largest absolute Gasteiger partial charge is 0.573 e. The minimum absolute atomic E-state index is 0.0411. The summed E-state index contributed by atoms with van der Waals surface area (Å²) in [5.41, 5.74) is 2.21. The fraction of sp³-hybridized carbons (Fsp3) is 0.263. The fourth-order valence-corrected chi connectivity index (χ4v) is 2.26. The van der Waals surface area contributed by atoms with Crippen LogP contribution < -0.4 is 10.1 Å². The van der Waals surface area contributed by atoms with E-state index >= 15 is 0 Å². The highest BCUT2D eigenvalue weighted by atomic mass is 19.4. The predicted octanol–water partition coefficient (Wildman–Crippen LogP) is 3.53. The van der Waals surface area contributed by atoms with Gasteiger partial charge >= 0.3 is 6.36 Å². The topological polar surface area (TPSA) is 58.6 Å². The number of carbonyl (C=O) groups excluding carboxylic acids is 2. The van der Waals surface area contributed by atoms with E-state index in [0.29, 0.717) is 11.3 Å². The number of ether oxygens (including phenoxy) is 1.